The van der Waals surface area contributed by atoms with Crippen molar-refractivity contribution in [2.24, 2.45) is 4.99 Å². The summed E-state index contributed by atoms with van der Waals surface area (Å²) in [6.45, 7) is 5.78. The van der Waals surface area contributed by atoms with Crippen molar-refractivity contribution in [2.75, 3.05) is 19.8 Å². The summed E-state index contributed by atoms with van der Waals surface area (Å²) in [5.41, 5.74) is 3.19. The van der Waals surface area contributed by atoms with Crippen molar-refractivity contribution in [3.05, 3.63) is 41.6 Å². The lowest BCUT2D eigenvalue weighted by molar-refractivity contribution is 0.389. The Kier molecular flexibility index (Phi) is 5.44. The minimum absolute atomic E-state index is 0.708. The smallest absolute Gasteiger partial charge is 0.167 e. The first kappa shape index (κ1) is 15.6. The van der Waals surface area contributed by atoms with Crippen LogP contribution in [0.4, 0.5) is 0 Å². The molecule has 0 unspecified atom stereocenters. The molecule has 0 saturated heterocycles. The average Bonchev–Trinajstić information content (AvgIpc) is 2.96. The van der Waals surface area contributed by atoms with Gasteiger partial charge in [0.1, 0.15) is 5.69 Å². The molecule has 0 fully saturated rings. The molecule has 0 aliphatic rings. The van der Waals surface area contributed by atoms with Crippen molar-refractivity contribution in [2.45, 2.75) is 20.4 Å². The van der Waals surface area contributed by atoms with Crippen LogP contribution in [-0.2, 0) is 6.54 Å². The molecule has 1 heterocycles. The molecule has 1 aromatic carbocycles. The second-order valence-electron chi connectivity index (χ2n) is 4.78. The number of rotatable bonds is 4. The van der Waals surface area contributed by atoms with E-state index >= 15 is 0 Å². The summed E-state index contributed by atoms with van der Waals surface area (Å²) in [6, 6.07) is 10.2. The van der Waals surface area contributed by atoms with E-state index in [2.05, 4.69) is 41.0 Å². The topological polar surface area (TPSA) is 41.6 Å². The third-order valence-electron chi connectivity index (χ3n) is 3.24. The summed E-state index contributed by atoms with van der Waals surface area (Å²) in [7, 11) is 1.81. The fraction of sp³-hybridized carbons (Fsp3) is 0.375. The predicted octanol–water partition coefficient (Wildman–Crippen LogP) is 3.82. The molecule has 5 heteroatoms. The lowest BCUT2D eigenvalue weighted by Crippen LogP contribution is -2.28. The average molecular weight is 303 g/mol. The maximum absolute atomic E-state index is 5.47. The van der Waals surface area contributed by atoms with Gasteiger partial charge in [0.25, 0.3) is 0 Å². The van der Waals surface area contributed by atoms with Gasteiger partial charge in [0.05, 0.1) is 6.54 Å². The summed E-state index contributed by atoms with van der Waals surface area (Å²) >= 11 is 1.64. The lowest BCUT2D eigenvalue weighted by atomic mass is 10.1. The Morgan fingerprint density at radius 2 is 2.19 bits per heavy atom. The van der Waals surface area contributed by atoms with Crippen molar-refractivity contribution >= 4 is 16.9 Å². The van der Waals surface area contributed by atoms with Gasteiger partial charge in [-0.1, -0.05) is 40.7 Å². The molecule has 0 bridgehead atoms. The van der Waals surface area contributed by atoms with Gasteiger partial charge in [0.15, 0.2) is 10.9 Å². The summed E-state index contributed by atoms with van der Waals surface area (Å²) in [6.07, 6.45) is 2.03. The number of benzene rings is 1. The predicted molar refractivity (Wildman–Crippen MR) is 89.6 cm³/mol. The lowest BCUT2D eigenvalue weighted by Gasteiger charge is -2.21. The van der Waals surface area contributed by atoms with Gasteiger partial charge in [-0.25, -0.2) is 0 Å². The van der Waals surface area contributed by atoms with Crippen LogP contribution in [0.2, 0.25) is 0 Å². The van der Waals surface area contributed by atoms with E-state index in [0.717, 1.165) is 28.7 Å². The van der Waals surface area contributed by atoms with Crippen LogP contribution in [0.3, 0.4) is 0 Å². The minimum atomic E-state index is 0.708. The molecule has 0 amide bonds. The van der Waals surface area contributed by atoms with Crippen LogP contribution in [0, 0.1) is 6.92 Å². The second-order valence-corrected chi connectivity index (χ2v) is 5.55. The van der Waals surface area contributed by atoms with Crippen molar-refractivity contribution in [1.29, 1.82) is 0 Å². The molecule has 0 N–H and O–H groups in total. The van der Waals surface area contributed by atoms with Crippen LogP contribution in [0.25, 0.3) is 11.3 Å². The van der Waals surface area contributed by atoms with Gasteiger partial charge in [-0.2, -0.15) is 0 Å². The van der Waals surface area contributed by atoms with Gasteiger partial charge in [-0.3, -0.25) is 4.99 Å². The van der Waals surface area contributed by atoms with Gasteiger partial charge in [-0.05, 0) is 26.2 Å². The maximum Gasteiger partial charge on any atom is 0.167 e. The Labute approximate surface area is 130 Å². The number of nitrogens with zero attached hydrogens (tertiary/aromatic N) is 3. The molecule has 112 valence electrons. The monoisotopic (exact) mass is 303 g/mol. The highest BCUT2D eigenvalue weighted by Crippen LogP contribution is 2.22. The van der Waals surface area contributed by atoms with E-state index in [1.165, 1.54) is 5.56 Å². The van der Waals surface area contributed by atoms with Gasteiger partial charge < -0.3 is 9.42 Å². The molecule has 1 aromatic heterocycles. The highest BCUT2D eigenvalue weighted by atomic mass is 32.2. The summed E-state index contributed by atoms with van der Waals surface area (Å²) in [5.74, 6) is 0.809. The van der Waals surface area contributed by atoms with Gasteiger partial charge in [-0.15, -0.1) is 0 Å². The number of hydrogen-bond donors (Lipinski definition) is 0. The fourth-order valence-corrected chi connectivity index (χ4v) is 2.83. The Bertz CT molecular complexity index is 621. The molecule has 2 rings (SSSR count). The number of aryl methyl sites for hydroxylation is 1. The normalized spacial score (nSPS) is 11.7. The molecule has 0 atom stereocenters. The summed E-state index contributed by atoms with van der Waals surface area (Å²) < 4.78 is 5.47. The summed E-state index contributed by atoms with van der Waals surface area (Å²) in [5, 5.41) is 5.19. The van der Waals surface area contributed by atoms with E-state index in [0.29, 0.717) is 6.54 Å². The highest BCUT2D eigenvalue weighted by Gasteiger charge is 2.13. The molecule has 0 radical (unpaired) electrons. The summed E-state index contributed by atoms with van der Waals surface area (Å²) in [4.78, 5) is 6.48. The van der Waals surface area contributed by atoms with Gasteiger partial charge >= 0.3 is 0 Å². The first-order valence-corrected chi connectivity index (χ1v) is 8.18. The van der Waals surface area contributed by atoms with Crippen molar-refractivity contribution < 1.29 is 4.52 Å². The van der Waals surface area contributed by atoms with Crippen LogP contribution in [0.15, 0.2) is 39.8 Å². The van der Waals surface area contributed by atoms with Crippen molar-refractivity contribution in [3.8, 4) is 11.3 Å². The molecule has 21 heavy (non-hydrogen) atoms. The van der Waals surface area contributed by atoms with Crippen LogP contribution in [0.5, 0.6) is 0 Å². The first-order chi connectivity index (χ1) is 10.2. The first-order valence-electron chi connectivity index (χ1n) is 6.96. The highest BCUT2D eigenvalue weighted by molar-refractivity contribution is 8.13. The largest absolute Gasteiger partial charge is 0.356 e. The Balaban J connectivity index is 2.16. The SMILES string of the molecule is CCN(Cc1cc(-c2cccc(C)c2)on1)C(=NC)SC. The molecular formula is C16H21N3OS. The van der Waals surface area contributed by atoms with Crippen molar-refractivity contribution in [1.82, 2.24) is 10.1 Å². The number of aliphatic imine (C=N–C) groups is 1. The van der Waals surface area contributed by atoms with Crippen LogP contribution in [-0.4, -0.2) is 35.1 Å². The molecule has 0 saturated carbocycles. The Morgan fingerprint density at radius 3 is 2.81 bits per heavy atom. The molecule has 0 spiro atoms. The number of thioether (sulfide) groups is 1. The van der Waals surface area contributed by atoms with Crippen molar-refractivity contribution in [3.63, 3.8) is 0 Å². The minimum Gasteiger partial charge on any atom is -0.356 e. The van der Waals surface area contributed by atoms with Crippen LogP contribution >= 0.6 is 11.8 Å². The van der Waals surface area contributed by atoms with E-state index in [9.17, 15) is 0 Å². The number of aromatic nitrogens is 1. The Morgan fingerprint density at radius 1 is 1.38 bits per heavy atom. The molecule has 0 aliphatic carbocycles. The van der Waals surface area contributed by atoms with E-state index in [-0.39, 0.29) is 0 Å². The molecule has 4 nitrogen and oxygen atoms in total. The van der Waals surface area contributed by atoms with Gasteiger partial charge in [0, 0.05) is 25.2 Å². The standard InChI is InChI=1S/C16H21N3OS/c1-5-19(16(17-3)21-4)11-14-10-15(20-18-14)13-8-6-7-12(2)9-13/h6-10H,5,11H2,1-4H3. The van der Waals surface area contributed by atoms with E-state index < -0.39 is 0 Å². The number of hydrogen-bond acceptors (Lipinski definition) is 4. The second kappa shape index (κ2) is 7.31. The van der Waals surface area contributed by atoms with Crippen LogP contribution < -0.4 is 0 Å². The Hall–Kier alpha value is -1.75. The molecular weight excluding hydrogens is 282 g/mol. The zero-order chi connectivity index (χ0) is 15.2. The van der Waals surface area contributed by atoms with E-state index in [4.69, 9.17) is 4.52 Å². The van der Waals surface area contributed by atoms with Crippen LogP contribution in [0.1, 0.15) is 18.2 Å². The van der Waals surface area contributed by atoms with E-state index in [1.807, 2.05) is 31.5 Å². The molecule has 2 aromatic rings. The quantitative estimate of drug-likeness (QED) is 0.636. The fourth-order valence-electron chi connectivity index (χ4n) is 2.19. The maximum atomic E-state index is 5.47. The third-order valence-corrected chi connectivity index (χ3v) is 4.05. The zero-order valence-electron chi connectivity index (χ0n) is 13.0. The third kappa shape index (κ3) is 3.88. The van der Waals surface area contributed by atoms with Gasteiger partial charge in [0.2, 0.25) is 0 Å². The molecule has 0 aliphatic heterocycles. The number of amidine groups is 1. The zero-order valence-corrected chi connectivity index (χ0v) is 13.8. The van der Waals surface area contributed by atoms with E-state index in [1.54, 1.807) is 11.8 Å².